The van der Waals surface area contributed by atoms with Gasteiger partial charge >= 0.3 is 22.1 Å². The highest BCUT2D eigenvalue weighted by Gasteiger charge is 2.22. The monoisotopic (exact) mass is 440 g/mol. The molecule has 8 nitrogen and oxygen atoms in total. The molecule has 0 saturated carbocycles. The summed E-state index contributed by atoms with van der Waals surface area (Å²) in [7, 11) is -3.05. The Morgan fingerprint density at radius 1 is 0.871 bits per heavy atom. The van der Waals surface area contributed by atoms with Crippen LogP contribution < -0.4 is 14.8 Å². The lowest BCUT2D eigenvalue weighted by Gasteiger charge is -2.13. The summed E-state index contributed by atoms with van der Waals surface area (Å²) in [5.74, 6) is -1.06. The molecule has 0 bridgehead atoms. The van der Waals surface area contributed by atoms with Crippen LogP contribution in [-0.2, 0) is 14.9 Å². The van der Waals surface area contributed by atoms with Crippen molar-refractivity contribution < 1.29 is 26.9 Å². The van der Waals surface area contributed by atoms with E-state index in [2.05, 4.69) is 10.6 Å². The molecule has 0 aliphatic carbocycles. The molecule has 31 heavy (non-hydrogen) atoms. The highest BCUT2D eigenvalue weighted by molar-refractivity contribution is 7.87. The van der Waals surface area contributed by atoms with Gasteiger partial charge < -0.3 is 19.6 Å². The molecule has 3 aromatic carbocycles. The summed E-state index contributed by atoms with van der Waals surface area (Å²) >= 11 is 0. The van der Waals surface area contributed by atoms with E-state index in [1.165, 1.54) is 37.4 Å². The first-order valence-electron chi connectivity index (χ1n) is 9.15. The first-order chi connectivity index (χ1) is 14.8. The lowest BCUT2D eigenvalue weighted by Crippen LogP contribution is -2.20. The number of aryl methyl sites for hydroxylation is 1. The SMILES string of the molecule is COC(=O)c1ccc(NC(=O)Nc2ccccc2C)cc1OS(=O)(=O)c1ccccc1. The summed E-state index contributed by atoms with van der Waals surface area (Å²) in [6.07, 6.45) is 0. The molecule has 0 spiro atoms. The predicted molar refractivity (Wildman–Crippen MR) is 116 cm³/mol. The molecule has 3 rings (SSSR count). The van der Waals surface area contributed by atoms with Crippen LogP contribution in [0.3, 0.4) is 0 Å². The predicted octanol–water partition coefficient (Wildman–Crippen LogP) is 4.19. The summed E-state index contributed by atoms with van der Waals surface area (Å²) in [5.41, 5.74) is 1.61. The van der Waals surface area contributed by atoms with Crippen molar-refractivity contribution in [3.63, 3.8) is 0 Å². The maximum Gasteiger partial charge on any atom is 0.341 e. The van der Waals surface area contributed by atoms with Gasteiger partial charge in [-0.3, -0.25) is 0 Å². The van der Waals surface area contributed by atoms with Crippen LogP contribution in [0.5, 0.6) is 5.75 Å². The van der Waals surface area contributed by atoms with Gasteiger partial charge in [-0.1, -0.05) is 36.4 Å². The van der Waals surface area contributed by atoms with Gasteiger partial charge in [-0.15, -0.1) is 0 Å². The number of hydrogen-bond donors (Lipinski definition) is 2. The van der Waals surface area contributed by atoms with Gasteiger partial charge in [0.25, 0.3) is 0 Å². The van der Waals surface area contributed by atoms with E-state index in [-0.39, 0.29) is 21.9 Å². The number of urea groups is 1. The Morgan fingerprint density at radius 3 is 2.23 bits per heavy atom. The Hall–Kier alpha value is -3.85. The maximum absolute atomic E-state index is 12.6. The minimum atomic E-state index is -4.21. The minimum Gasteiger partial charge on any atom is -0.465 e. The number of esters is 1. The van der Waals surface area contributed by atoms with Crippen molar-refractivity contribution in [3.8, 4) is 5.75 Å². The summed E-state index contributed by atoms with van der Waals surface area (Å²) in [6.45, 7) is 1.85. The minimum absolute atomic E-state index is 0.0820. The summed E-state index contributed by atoms with van der Waals surface area (Å²) in [5, 5.41) is 5.29. The van der Waals surface area contributed by atoms with Gasteiger partial charge in [0.1, 0.15) is 10.5 Å². The number of amides is 2. The van der Waals surface area contributed by atoms with Crippen molar-refractivity contribution in [3.05, 3.63) is 83.9 Å². The molecular formula is C22H20N2O6S. The molecule has 0 heterocycles. The van der Waals surface area contributed by atoms with Crippen LogP contribution in [0.1, 0.15) is 15.9 Å². The average molecular weight is 440 g/mol. The highest BCUT2D eigenvalue weighted by atomic mass is 32.2. The van der Waals surface area contributed by atoms with Crippen molar-refractivity contribution >= 4 is 33.5 Å². The van der Waals surface area contributed by atoms with Crippen LogP contribution in [0.15, 0.2) is 77.7 Å². The normalized spacial score (nSPS) is 10.8. The standard InChI is InChI=1S/C22H20N2O6S/c1-15-8-6-7-11-19(15)24-22(26)23-16-12-13-18(21(25)29-2)20(14-16)30-31(27,28)17-9-4-3-5-10-17/h3-14H,1-2H3,(H2,23,24,26). The molecule has 0 aromatic heterocycles. The second kappa shape index (κ2) is 9.31. The van der Waals surface area contributed by atoms with Crippen molar-refractivity contribution in [1.29, 1.82) is 0 Å². The molecule has 0 unspecified atom stereocenters. The van der Waals surface area contributed by atoms with Crippen LogP contribution in [0.2, 0.25) is 0 Å². The summed E-state index contributed by atoms with van der Waals surface area (Å²) < 4.78 is 35.1. The number of para-hydroxylation sites is 1. The molecule has 0 fully saturated rings. The Kier molecular flexibility index (Phi) is 6.56. The number of rotatable bonds is 6. The molecule has 3 aromatic rings. The van der Waals surface area contributed by atoms with Gasteiger partial charge in [0, 0.05) is 17.4 Å². The number of benzene rings is 3. The van der Waals surface area contributed by atoms with Gasteiger partial charge in [0.2, 0.25) is 0 Å². The number of ether oxygens (including phenoxy) is 1. The zero-order valence-corrected chi connectivity index (χ0v) is 17.6. The fourth-order valence-electron chi connectivity index (χ4n) is 2.70. The Morgan fingerprint density at radius 2 is 1.55 bits per heavy atom. The third kappa shape index (κ3) is 5.40. The van der Waals surface area contributed by atoms with E-state index < -0.39 is 22.1 Å². The molecule has 0 aliphatic rings. The molecule has 2 amide bonds. The van der Waals surface area contributed by atoms with Crippen molar-refractivity contribution in [2.75, 3.05) is 17.7 Å². The number of nitrogens with one attached hydrogen (secondary N) is 2. The first kappa shape index (κ1) is 21.8. The number of carbonyl (C=O) groups excluding carboxylic acids is 2. The van der Waals surface area contributed by atoms with Crippen molar-refractivity contribution in [2.45, 2.75) is 11.8 Å². The molecular weight excluding hydrogens is 420 g/mol. The smallest absolute Gasteiger partial charge is 0.341 e. The third-order valence-corrected chi connectivity index (χ3v) is 5.52. The Balaban J connectivity index is 1.87. The molecule has 0 saturated heterocycles. The average Bonchev–Trinajstić information content (AvgIpc) is 2.75. The second-order valence-electron chi connectivity index (χ2n) is 6.45. The van der Waals surface area contributed by atoms with Crippen LogP contribution >= 0.6 is 0 Å². The fraction of sp³-hybridized carbons (Fsp3) is 0.0909. The quantitative estimate of drug-likeness (QED) is 0.439. The molecule has 0 atom stereocenters. The van der Waals surface area contributed by atoms with Gasteiger partial charge in [-0.05, 0) is 42.8 Å². The van der Waals surface area contributed by atoms with E-state index in [4.69, 9.17) is 8.92 Å². The first-order valence-corrected chi connectivity index (χ1v) is 10.6. The molecule has 0 radical (unpaired) electrons. The van der Waals surface area contributed by atoms with E-state index in [9.17, 15) is 18.0 Å². The Labute approximate surface area is 179 Å². The third-order valence-electron chi connectivity index (χ3n) is 4.27. The van der Waals surface area contributed by atoms with Crippen LogP contribution in [0.25, 0.3) is 0 Å². The van der Waals surface area contributed by atoms with Gasteiger partial charge in [0.15, 0.2) is 5.75 Å². The summed E-state index contributed by atoms with van der Waals surface area (Å²) in [4.78, 5) is 24.3. The van der Waals surface area contributed by atoms with Crippen LogP contribution in [0, 0.1) is 6.92 Å². The van der Waals surface area contributed by atoms with E-state index in [1.807, 2.05) is 19.1 Å². The Bertz CT molecular complexity index is 1210. The topological polar surface area (TPSA) is 111 Å². The van der Waals surface area contributed by atoms with E-state index in [0.717, 1.165) is 5.56 Å². The fourth-order valence-corrected chi connectivity index (χ4v) is 3.66. The zero-order chi connectivity index (χ0) is 22.4. The van der Waals surface area contributed by atoms with Crippen molar-refractivity contribution in [2.24, 2.45) is 0 Å². The van der Waals surface area contributed by atoms with E-state index >= 15 is 0 Å². The number of carbonyl (C=O) groups is 2. The van der Waals surface area contributed by atoms with Crippen LogP contribution in [-0.4, -0.2) is 27.5 Å². The maximum atomic E-state index is 12.6. The molecule has 160 valence electrons. The largest absolute Gasteiger partial charge is 0.465 e. The van der Waals surface area contributed by atoms with Gasteiger partial charge in [-0.25, -0.2) is 9.59 Å². The number of methoxy groups -OCH3 is 1. The van der Waals surface area contributed by atoms with E-state index in [0.29, 0.717) is 5.69 Å². The van der Waals surface area contributed by atoms with E-state index in [1.54, 1.807) is 30.3 Å². The van der Waals surface area contributed by atoms with Gasteiger partial charge in [-0.2, -0.15) is 8.42 Å². The van der Waals surface area contributed by atoms with Crippen molar-refractivity contribution in [1.82, 2.24) is 0 Å². The highest BCUT2D eigenvalue weighted by Crippen LogP contribution is 2.28. The van der Waals surface area contributed by atoms with Gasteiger partial charge in [0.05, 0.1) is 7.11 Å². The molecule has 9 heteroatoms. The number of hydrogen-bond acceptors (Lipinski definition) is 6. The molecule has 2 N–H and O–H groups in total. The molecule has 0 aliphatic heterocycles. The zero-order valence-electron chi connectivity index (χ0n) is 16.8. The number of anilines is 2. The van der Waals surface area contributed by atoms with Crippen LogP contribution in [0.4, 0.5) is 16.2 Å². The summed E-state index contributed by atoms with van der Waals surface area (Å²) in [6, 6.07) is 18.2. The lowest BCUT2D eigenvalue weighted by molar-refractivity contribution is 0.0599. The second-order valence-corrected chi connectivity index (χ2v) is 7.99. The lowest BCUT2D eigenvalue weighted by atomic mass is 10.2.